The third-order valence-corrected chi connectivity index (χ3v) is 5.56. The lowest BCUT2D eigenvalue weighted by Crippen LogP contribution is -2.53. The number of rotatable bonds is 9. The number of amides is 1. The van der Waals surface area contributed by atoms with Gasteiger partial charge in [0.05, 0.1) is 6.61 Å². The summed E-state index contributed by atoms with van der Waals surface area (Å²) in [6, 6.07) is 17.4. The van der Waals surface area contributed by atoms with E-state index in [1.165, 1.54) is 0 Å². The predicted octanol–water partition coefficient (Wildman–Crippen LogP) is 2.33. The molecule has 2 aromatic rings. The Labute approximate surface area is 182 Å². The fourth-order valence-electron chi connectivity index (χ4n) is 3.84. The lowest BCUT2D eigenvalue weighted by Gasteiger charge is -2.26. The van der Waals surface area contributed by atoms with Gasteiger partial charge in [-0.2, -0.15) is 0 Å². The standard InChI is InChI=1S/C24H29N3O4/c28-15-6-16-30-21-11-9-20(10-12-21)22-25-24(18-31-22,17-19-7-2-1-3-8-19)23(29)26-27-13-4-5-14-27/h1-3,7-12,28H,4-6,13-18H2,(H,26,29)/t24-/m0/s1. The molecule has 7 nitrogen and oxygen atoms in total. The zero-order valence-corrected chi connectivity index (χ0v) is 17.6. The highest BCUT2D eigenvalue weighted by Crippen LogP contribution is 2.28. The van der Waals surface area contributed by atoms with Gasteiger partial charge in [0.2, 0.25) is 5.90 Å². The van der Waals surface area contributed by atoms with Crippen LogP contribution in [0.1, 0.15) is 30.4 Å². The average molecular weight is 424 g/mol. The van der Waals surface area contributed by atoms with Crippen LogP contribution in [0.15, 0.2) is 59.6 Å². The van der Waals surface area contributed by atoms with Crippen LogP contribution in [-0.2, 0) is 16.0 Å². The predicted molar refractivity (Wildman–Crippen MR) is 118 cm³/mol. The van der Waals surface area contributed by atoms with Gasteiger partial charge in [0.1, 0.15) is 12.4 Å². The minimum atomic E-state index is -1.00. The van der Waals surface area contributed by atoms with Crippen molar-refractivity contribution in [2.24, 2.45) is 4.99 Å². The van der Waals surface area contributed by atoms with Crippen molar-refractivity contribution in [3.63, 3.8) is 0 Å². The van der Waals surface area contributed by atoms with Gasteiger partial charge in [0.15, 0.2) is 5.54 Å². The van der Waals surface area contributed by atoms with Crippen molar-refractivity contribution in [2.45, 2.75) is 31.2 Å². The maximum Gasteiger partial charge on any atom is 0.266 e. The van der Waals surface area contributed by atoms with Crippen LogP contribution in [0.5, 0.6) is 5.75 Å². The van der Waals surface area contributed by atoms with Gasteiger partial charge < -0.3 is 14.6 Å². The van der Waals surface area contributed by atoms with Crippen molar-refractivity contribution in [1.82, 2.24) is 10.4 Å². The SMILES string of the molecule is O=C(NN1CCCC1)[C@]1(Cc2ccccc2)COC(c2ccc(OCCCO)cc2)=N1. The summed E-state index contributed by atoms with van der Waals surface area (Å²) in [7, 11) is 0. The monoisotopic (exact) mass is 423 g/mol. The highest BCUT2D eigenvalue weighted by Gasteiger charge is 2.45. The van der Waals surface area contributed by atoms with Gasteiger partial charge in [-0.15, -0.1) is 0 Å². The highest BCUT2D eigenvalue weighted by molar-refractivity contribution is 6.00. The van der Waals surface area contributed by atoms with E-state index < -0.39 is 5.54 Å². The Hall–Kier alpha value is -2.90. The molecule has 4 rings (SSSR count). The van der Waals surface area contributed by atoms with E-state index in [0.29, 0.717) is 25.3 Å². The Morgan fingerprint density at radius 3 is 2.58 bits per heavy atom. The Morgan fingerprint density at radius 2 is 1.87 bits per heavy atom. The van der Waals surface area contributed by atoms with Crippen LogP contribution in [0.4, 0.5) is 0 Å². The number of nitrogens with one attached hydrogen (secondary N) is 1. The molecular weight excluding hydrogens is 394 g/mol. The van der Waals surface area contributed by atoms with E-state index in [2.05, 4.69) is 5.43 Å². The van der Waals surface area contributed by atoms with Crippen molar-refractivity contribution in [2.75, 3.05) is 32.9 Å². The number of aliphatic hydroxyl groups excluding tert-OH is 1. The summed E-state index contributed by atoms with van der Waals surface area (Å²) in [5, 5.41) is 10.8. The van der Waals surface area contributed by atoms with E-state index in [1.807, 2.05) is 59.6 Å². The van der Waals surface area contributed by atoms with E-state index in [-0.39, 0.29) is 19.1 Å². The molecule has 2 N–H and O–H groups in total. The second-order valence-electron chi connectivity index (χ2n) is 7.98. The molecule has 0 spiro atoms. The molecule has 1 amide bonds. The van der Waals surface area contributed by atoms with Crippen molar-refractivity contribution in [1.29, 1.82) is 0 Å². The van der Waals surface area contributed by atoms with Gasteiger partial charge in [0.25, 0.3) is 5.91 Å². The van der Waals surface area contributed by atoms with Crippen molar-refractivity contribution >= 4 is 11.8 Å². The number of carbonyl (C=O) groups is 1. The smallest absolute Gasteiger partial charge is 0.266 e. The fraction of sp³-hybridized carbons (Fsp3) is 0.417. The molecule has 1 saturated heterocycles. The van der Waals surface area contributed by atoms with Crippen LogP contribution in [0.25, 0.3) is 0 Å². The molecule has 31 heavy (non-hydrogen) atoms. The van der Waals surface area contributed by atoms with E-state index in [1.54, 1.807) is 0 Å². The molecule has 0 saturated carbocycles. The van der Waals surface area contributed by atoms with Crippen LogP contribution in [0.2, 0.25) is 0 Å². The summed E-state index contributed by atoms with van der Waals surface area (Å²) in [5.74, 6) is 1.06. The van der Waals surface area contributed by atoms with E-state index >= 15 is 0 Å². The number of ether oxygens (including phenoxy) is 2. The first-order valence-electron chi connectivity index (χ1n) is 10.9. The maximum atomic E-state index is 13.3. The molecule has 1 atom stereocenters. The van der Waals surface area contributed by atoms with Crippen molar-refractivity contribution < 1.29 is 19.4 Å². The van der Waals surface area contributed by atoms with Gasteiger partial charge >= 0.3 is 0 Å². The topological polar surface area (TPSA) is 83.4 Å². The molecule has 0 unspecified atom stereocenters. The van der Waals surface area contributed by atoms with Gasteiger partial charge in [-0.25, -0.2) is 10.0 Å². The Morgan fingerprint density at radius 1 is 1.13 bits per heavy atom. The molecular formula is C24H29N3O4. The van der Waals surface area contributed by atoms with E-state index in [0.717, 1.165) is 42.8 Å². The molecule has 0 bridgehead atoms. The minimum Gasteiger partial charge on any atom is -0.494 e. The van der Waals surface area contributed by atoms with Crippen LogP contribution < -0.4 is 10.2 Å². The van der Waals surface area contributed by atoms with Crippen LogP contribution >= 0.6 is 0 Å². The van der Waals surface area contributed by atoms with Gasteiger partial charge in [-0.3, -0.25) is 10.2 Å². The number of aliphatic imine (C=N–C) groups is 1. The summed E-state index contributed by atoms with van der Waals surface area (Å²) in [6.45, 7) is 2.49. The molecule has 7 heteroatoms. The number of carbonyl (C=O) groups excluding carboxylic acids is 1. The van der Waals surface area contributed by atoms with Gasteiger partial charge in [-0.1, -0.05) is 30.3 Å². The summed E-state index contributed by atoms with van der Waals surface area (Å²) in [6.07, 6.45) is 3.23. The number of hydrogen-bond acceptors (Lipinski definition) is 6. The average Bonchev–Trinajstić information content (AvgIpc) is 3.46. The number of hydrogen-bond donors (Lipinski definition) is 2. The zero-order valence-electron chi connectivity index (χ0n) is 17.6. The Bertz CT molecular complexity index is 895. The first kappa shape index (κ1) is 21.3. The van der Waals surface area contributed by atoms with Gasteiger partial charge in [0, 0.05) is 38.1 Å². The summed E-state index contributed by atoms with van der Waals surface area (Å²) in [5.41, 5.74) is 3.90. The number of benzene rings is 2. The first-order valence-corrected chi connectivity index (χ1v) is 10.9. The minimum absolute atomic E-state index is 0.103. The number of hydrazine groups is 1. The quantitative estimate of drug-likeness (QED) is 0.605. The van der Waals surface area contributed by atoms with Crippen LogP contribution in [-0.4, -0.2) is 60.4 Å². The Balaban J connectivity index is 1.54. The molecule has 0 aromatic heterocycles. The molecule has 0 aliphatic carbocycles. The highest BCUT2D eigenvalue weighted by atomic mass is 16.5. The zero-order chi connectivity index (χ0) is 21.5. The molecule has 2 aromatic carbocycles. The molecule has 0 radical (unpaired) electrons. The molecule has 164 valence electrons. The second-order valence-corrected chi connectivity index (χ2v) is 7.98. The van der Waals surface area contributed by atoms with Crippen molar-refractivity contribution in [3.05, 3.63) is 65.7 Å². The third-order valence-electron chi connectivity index (χ3n) is 5.56. The molecule has 2 aliphatic rings. The van der Waals surface area contributed by atoms with Gasteiger partial charge in [-0.05, 0) is 42.7 Å². The largest absolute Gasteiger partial charge is 0.494 e. The summed E-state index contributed by atoms with van der Waals surface area (Å²) in [4.78, 5) is 18.1. The maximum absolute atomic E-state index is 13.3. The number of nitrogens with zero attached hydrogens (tertiary/aromatic N) is 2. The lowest BCUT2D eigenvalue weighted by atomic mass is 9.91. The first-order chi connectivity index (χ1) is 15.2. The molecule has 2 heterocycles. The second kappa shape index (κ2) is 9.94. The van der Waals surface area contributed by atoms with E-state index in [4.69, 9.17) is 19.6 Å². The number of aliphatic hydroxyl groups is 1. The normalized spacial score (nSPS) is 20.9. The van der Waals surface area contributed by atoms with Crippen molar-refractivity contribution in [3.8, 4) is 5.75 Å². The summed E-state index contributed by atoms with van der Waals surface area (Å²) < 4.78 is 11.5. The van der Waals surface area contributed by atoms with Crippen LogP contribution in [0, 0.1) is 0 Å². The molecule has 2 aliphatic heterocycles. The fourth-order valence-corrected chi connectivity index (χ4v) is 3.84. The lowest BCUT2D eigenvalue weighted by molar-refractivity contribution is -0.131. The van der Waals surface area contributed by atoms with Crippen LogP contribution in [0.3, 0.4) is 0 Å². The molecule has 1 fully saturated rings. The Kier molecular flexibility index (Phi) is 6.84. The third kappa shape index (κ3) is 5.24. The van der Waals surface area contributed by atoms with E-state index in [9.17, 15) is 4.79 Å². The summed E-state index contributed by atoms with van der Waals surface area (Å²) >= 11 is 0.